The van der Waals surface area contributed by atoms with Gasteiger partial charge in [0.2, 0.25) is 0 Å². The Morgan fingerprint density at radius 3 is 2.63 bits per heavy atom. The number of methoxy groups -OCH3 is 1. The summed E-state index contributed by atoms with van der Waals surface area (Å²) in [6.45, 7) is 4.90. The fourth-order valence-electron chi connectivity index (χ4n) is 2.05. The minimum atomic E-state index is 0.0407. The number of benzene rings is 1. The molecule has 2 aromatic rings. The quantitative estimate of drug-likeness (QED) is 0.901. The number of hydrogen-bond donors (Lipinski definition) is 1. The van der Waals surface area contributed by atoms with Crippen molar-refractivity contribution in [3.05, 3.63) is 51.9 Å². The van der Waals surface area contributed by atoms with Crippen molar-refractivity contribution in [1.82, 2.24) is 5.32 Å². The summed E-state index contributed by atoms with van der Waals surface area (Å²) < 4.78 is 12.0. The minimum absolute atomic E-state index is 0.0407. The van der Waals surface area contributed by atoms with Gasteiger partial charge in [0.1, 0.15) is 17.3 Å². The lowest BCUT2D eigenvalue weighted by atomic mass is 10.0. The molecular weight excluding hydrogens is 306 g/mol. The highest BCUT2D eigenvalue weighted by atomic mass is 79.9. The van der Waals surface area contributed by atoms with E-state index in [2.05, 4.69) is 28.2 Å². The maximum atomic E-state index is 5.75. The molecule has 0 aliphatic rings. The molecule has 0 fully saturated rings. The number of rotatable bonds is 5. The first-order chi connectivity index (χ1) is 9.15. The van der Waals surface area contributed by atoms with E-state index < -0.39 is 0 Å². The molecule has 1 atom stereocenters. The maximum Gasteiger partial charge on any atom is 0.125 e. The van der Waals surface area contributed by atoms with E-state index in [1.54, 1.807) is 7.11 Å². The van der Waals surface area contributed by atoms with Crippen LogP contribution in [0.15, 0.2) is 39.2 Å². The topological polar surface area (TPSA) is 34.4 Å². The molecule has 1 unspecified atom stereocenters. The fourth-order valence-corrected chi connectivity index (χ4v) is 2.63. The molecule has 4 heteroatoms. The van der Waals surface area contributed by atoms with Crippen LogP contribution in [-0.2, 0) is 0 Å². The van der Waals surface area contributed by atoms with Gasteiger partial charge in [-0.3, -0.25) is 0 Å². The highest BCUT2D eigenvalue weighted by Crippen LogP contribution is 2.32. The summed E-state index contributed by atoms with van der Waals surface area (Å²) in [5, 5.41) is 3.44. The van der Waals surface area contributed by atoms with Gasteiger partial charge in [0, 0.05) is 4.47 Å². The van der Waals surface area contributed by atoms with Crippen LogP contribution in [0.1, 0.15) is 30.0 Å². The van der Waals surface area contributed by atoms with Gasteiger partial charge in [-0.2, -0.15) is 0 Å². The number of hydrogen-bond acceptors (Lipinski definition) is 3. The largest absolute Gasteiger partial charge is 0.497 e. The van der Waals surface area contributed by atoms with E-state index in [9.17, 15) is 0 Å². The second-order valence-corrected chi connectivity index (χ2v) is 5.18. The van der Waals surface area contributed by atoms with Crippen molar-refractivity contribution < 1.29 is 9.15 Å². The maximum absolute atomic E-state index is 5.75. The summed E-state index contributed by atoms with van der Waals surface area (Å²) in [7, 11) is 1.67. The van der Waals surface area contributed by atoms with Crippen LogP contribution in [-0.4, -0.2) is 13.7 Å². The Hall–Kier alpha value is -1.26. The van der Waals surface area contributed by atoms with Crippen LogP contribution in [0, 0.1) is 6.92 Å². The normalized spacial score (nSPS) is 12.4. The molecular formula is C15H18BrNO2. The molecule has 1 heterocycles. The summed E-state index contributed by atoms with van der Waals surface area (Å²) in [5.74, 6) is 2.68. The first-order valence-corrected chi connectivity index (χ1v) is 7.08. The molecule has 1 N–H and O–H groups in total. The fraction of sp³-hybridized carbons (Fsp3) is 0.333. The third-order valence-corrected chi connectivity index (χ3v) is 3.66. The van der Waals surface area contributed by atoms with E-state index in [1.807, 2.05) is 37.3 Å². The number of nitrogens with one attached hydrogen (secondary N) is 1. The molecule has 0 radical (unpaired) electrons. The molecule has 19 heavy (non-hydrogen) atoms. The molecule has 1 aromatic heterocycles. The van der Waals surface area contributed by atoms with Crippen molar-refractivity contribution in [3.63, 3.8) is 0 Å². The summed E-state index contributed by atoms with van der Waals surface area (Å²) in [5.41, 5.74) is 1.14. The van der Waals surface area contributed by atoms with E-state index in [-0.39, 0.29) is 6.04 Å². The molecule has 2 rings (SSSR count). The molecule has 0 saturated heterocycles. The zero-order valence-electron chi connectivity index (χ0n) is 11.4. The van der Waals surface area contributed by atoms with E-state index in [0.29, 0.717) is 0 Å². The smallest absolute Gasteiger partial charge is 0.125 e. The van der Waals surface area contributed by atoms with Crippen molar-refractivity contribution in [2.45, 2.75) is 19.9 Å². The second kappa shape index (κ2) is 6.26. The van der Waals surface area contributed by atoms with Crippen LogP contribution >= 0.6 is 15.9 Å². The zero-order valence-corrected chi connectivity index (χ0v) is 13.0. The van der Waals surface area contributed by atoms with Crippen LogP contribution in [0.25, 0.3) is 0 Å². The van der Waals surface area contributed by atoms with Crippen LogP contribution < -0.4 is 10.1 Å². The van der Waals surface area contributed by atoms with Crippen molar-refractivity contribution in [2.75, 3.05) is 13.7 Å². The van der Waals surface area contributed by atoms with Crippen LogP contribution in [0.3, 0.4) is 0 Å². The van der Waals surface area contributed by atoms with Crippen molar-refractivity contribution in [1.29, 1.82) is 0 Å². The predicted octanol–water partition coefficient (Wildman–Crippen LogP) is 4.06. The lowest BCUT2D eigenvalue weighted by Crippen LogP contribution is -2.21. The van der Waals surface area contributed by atoms with Gasteiger partial charge in [0.15, 0.2) is 0 Å². The summed E-state index contributed by atoms with van der Waals surface area (Å²) >= 11 is 3.60. The first kappa shape index (κ1) is 14.2. The van der Waals surface area contributed by atoms with Gasteiger partial charge < -0.3 is 14.5 Å². The SMILES string of the molecule is CCNC(c1ccc(C)o1)c1ccc(OC)cc1Br. The number of ether oxygens (including phenoxy) is 1. The van der Waals surface area contributed by atoms with Crippen molar-refractivity contribution in [3.8, 4) is 5.75 Å². The minimum Gasteiger partial charge on any atom is -0.497 e. The van der Waals surface area contributed by atoms with Gasteiger partial charge in [-0.15, -0.1) is 0 Å². The lowest BCUT2D eigenvalue weighted by Gasteiger charge is -2.18. The van der Waals surface area contributed by atoms with Gasteiger partial charge >= 0.3 is 0 Å². The Bertz CT molecular complexity index is 551. The molecule has 0 saturated carbocycles. The van der Waals surface area contributed by atoms with Gasteiger partial charge in [-0.25, -0.2) is 0 Å². The molecule has 0 bridgehead atoms. The Kier molecular flexibility index (Phi) is 4.66. The molecule has 0 spiro atoms. The molecule has 0 amide bonds. The van der Waals surface area contributed by atoms with E-state index in [1.165, 1.54) is 0 Å². The predicted molar refractivity (Wildman–Crippen MR) is 79.7 cm³/mol. The van der Waals surface area contributed by atoms with E-state index in [4.69, 9.17) is 9.15 Å². The molecule has 3 nitrogen and oxygen atoms in total. The molecule has 102 valence electrons. The molecule has 0 aliphatic heterocycles. The molecule has 1 aromatic carbocycles. The van der Waals surface area contributed by atoms with E-state index in [0.717, 1.165) is 33.9 Å². The molecule has 0 aliphatic carbocycles. The summed E-state index contributed by atoms with van der Waals surface area (Å²) in [4.78, 5) is 0. The van der Waals surface area contributed by atoms with Gasteiger partial charge in [-0.1, -0.05) is 28.9 Å². The van der Waals surface area contributed by atoms with Crippen molar-refractivity contribution >= 4 is 15.9 Å². The monoisotopic (exact) mass is 323 g/mol. The Morgan fingerprint density at radius 1 is 1.32 bits per heavy atom. The lowest BCUT2D eigenvalue weighted by molar-refractivity contribution is 0.412. The average Bonchev–Trinajstić information content (AvgIpc) is 2.83. The van der Waals surface area contributed by atoms with Gasteiger partial charge in [-0.05, 0) is 43.3 Å². The third-order valence-electron chi connectivity index (χ3n) is 2.97. The zero-order chi connectivity index (χ0) is 13.8. The van der Waals surface area contributed by atoms with Crippen molar-refractivity contribution in [2.24, 2.45) is 0 Å². The summed E-state index contributed by atoms with van der Waals surface area (Å²) in [6.07, 6.45) is 0. The van der Waals surface area contributed by atoms with Crippen LogP contribution in [0.5, 0.6) is 5.75 Å². The van der Waals surface area contributed by atoms with Gasteiger partial charge in [0.05, 0.1) is 13.2 Å². The number of halogens is 1. The standard InChI is InChI=1S/C15H18BrNO2/c1-4-17-15(14-8-5-10(2)19-14)12-7-6-11(18-3)9-13(12)16/h5-9,15,17H,4H2,1-3H3. The number of aryl methyl sites for hydroxylation is 1. The highest BCUT2D eigenvalue weighted by Gasteiger charge is 2.19. The number of furan rings is 1. The first-order valence-electron chi connectivity index (χ1n) is 6.29. The van der Waals surface area contributed by atoms with Gasteiger partial charge in [0.25, 0.3) is 0 Å². The Labute approximate surface area is 122 Å². The second-order valence-electron chi connectivity index (χ2n) is 4.33. The Morgan fingerprint density at radius 2 is 2.11 bits per heavy atom. The average molecular weight is 324 g/mol. The third kappa shape index (κ3) is 3.19. The summed E-state index contributed by atoms with van der Waals surface area (Å²) in [6, 6.07) is 10.0. The van der Waals surface area contributed by atoms with Crippen LogP contribution in [0.4, 0.5) is 0 Å². The van der Waals surface area contributed by atoms with Crippen LogP contribution in [0.2, 0.25) is 0 Å². The Balaban J connectivity index is 2.39. The van der Waals surface area contributed by atoms with E-state index >= 15 is 0 Å². The highest BCUT2D eigenvalue weighted by molar-refractivity contribution is 9.10.